The van der Waals surface area contributed by atoms with Crippen LogP contribution in [0.2, 0.25) is 0 Å². The zero-order valence-electron chi connectivity index (χ0n) is 12.1. The summed E-state index contributed by atoms with van der Waals surface area (Å²) >= 11 is 1.72. The Bertz CT molecular complexity index is 846. The number of carbonyl (C=O) groups excluding carboxylic acids is 1. The maximum Gasteiger partial charge on any atom is 0.278 e. The van der Waals surface area contributed by atoms with Gasteiger partial charge in [-0.1, -0.05) is 22.9 Å². The second-order valence-corrected chi connectivity index (χ2v) is 6.42. The van der Waals surface area contributed by atoms with E-state index in [0.717, 1.165) is 41.0 Å². The molecule has 2 heterocycles. The molecule has 3 aromatic rings. The molecule has 4 nitrogen and oxygen atoms in total. The van der Waals surface area contributed by atoms with Crippen LogP contribution in [0.25, 0.3) is 11.3 Å². The van der Waals surface area contributed by atoms with Gasteiger partial charge in [-0.05, 0) is 43.3 Å². The van der Waals surface area contributed by atoms with E-state index in [9.17, 15) is 4.79 Å². The topological polar surface area (TPSA) is 55.1 Å². The molecule has 0 spiro atoms. The molecule has 1 aliphatic rings. The SMILES string of the molecule is Cc1ccc(NC(=O)c2noc3c2CCc2sccc2-3)cc1. The van der Waals surface area contributed by atoms with E-state index in [1.165, 1.54) is 4.88 Å². The molecule has 110 valence electrons. The normalized spacial score (nSPS) is 12.6. The largest absolute Gasteiger partial charge is 0.355 e. The van der Waals surface area contributed by atoms with Crippen molar-refractivity contribution in [3.63, 3.8) is 0 Å². The van der Waals surface area contributed by atoms with Crippen LogP contribution in [0.4, 0.5) is 5.69 Å². The van der Waals surface area contributed by atoms with Crippen molar-refractivity contribution in [3.05, 3.63) is 57.4 Å². The number of aromatic nitrogens is 1. The minimum atomic E-state index is -0.215. The molecule has 0 radical (unpaired) electrons. The van der Waals surface area contributed by atoms with Crippen LogP contribution < -0.4 is 5.32 Å². The summed E-state index contributed by atoms with van der Waals surface area (Å²) in [4.78, 5) is 13.8. The van der Waals surface area contributed by atoms with Crippen molar-refractivity contribution < 1.29 is 9.32 Å². The average molecular weight is 310 g/mol. The Morgan fingerprint density at radius 3 is 2.86 bits per heavy atom. The monoisotopic (exact) mass is 310 g/mol. The second-order valence-electron chi connectivity index (χ2n) is 5.42. The van der Waals surface area contributed by atoms with Gasteiger partial charge in [0.15, 0.2) is 11.5 Å². The maximum atomic E-state index is 12.5. The third-order valence-electron chi connectivity index (χ3n) is 3.90. The summed E-state index contributed by atoms with van der Waals surface area (Å²) in [6, 6.07) is 9.73. The summed E-state index contributed by atoms with van der Waals surface area (Å²) in [5, 5.41) is 8.94. The highest BCUT2D eigenvalue weighted by Gasteiger charge is 2.28. The minimum absolute atomic E-state index is 0.215. The summed E-state index contributed by atoms with van der Waals surface area (Å²) < 4.78 is 5.45. The number of amides is 1. The molecule has 0 aliphatic heterocycles. The van der Waals surface area contributed by atoms with Crippen LogP contribution in [0.5, 0.6) is 0 Å². The summed E-state index contributed by atoms with van der Waals surface area (Å²) in [5.41, 5.74) is 4.30. The quantitative estimate of drug-likeness (QED) is 0.776. The second kappa shape index (κ2) is 5.10. The Kier molecular flexibility index (Phi) is 3.08. The molecule has 1 amide bonds. The Balaban J connectivity index is 1.64. The predicted molar refractivity (Wildman–Crippen MR) is 86.4 cm³/mol. The van der Waals surface area contributed by atoms with Crippen LogP contribution in [-0.2, 0) is 12.8 Å². The maximum absolute atomic E-state index is 12.5. The summed E-state index contributed by atoms with van der Waals surface area (Å²) in [7, 11) is 0. The molecule has 1 aliphatic carbocycles. The lowest BCUT2D eigenvalue weighted by molar-refractivity contribution is 0.101. The Morgan fingerprint density at radius 1 is 1.23 bits per heavy atom. The summed E-state index contributed by atoms with van der Waals surface area (Å²) in [5.74, 6) is 0.532. The molecule has 0 unspecified atom stereocenters. The number of nitrogens with one attached hydrogen (secondary N) is 1. The Labute approximate surface area is 131 Å². The Morgan fingerprint density at radius 2 is 2.05 bits per heavy atom. The fraction of sp³-hybridized carbons (Fsp3) is 0.176. The smallest absolute Gasteiger partial charge is 0.278 e. The first-order chi connectivity index (χ1) is 10.7. The van der Waals surface area contributed by atoms with E-state index < -0.39 is 0 Å². The minimum Gasteiger partial charge on any atom is -0.355 e. The molecule has 0 saturated heterocycles. The first kappa shape index (κ1) is 13.3. The van der Waals surface area contributed by atoms with E-state index in [4.69, 9.17) is 4.52 Å². The lowest BCUT2D eigenvalue weighted by atomic mass is 9.95. The van der Waals surface area contributed by atoms with Crippen LogP contribution in [0.1, 0.15) is 26.5 Å². The van der Waals surface area contributed by atoms with Crippen molar-refractivity contribution in [2.45, 2.75) is 19.8 Å². The summed E-state index contributed by atoms with van der Waals surface area (Å²) in [6.45, 7) is 2.01. The fourth-order valence-electron chi connectivity index (χ4n) is 2.73. The van der Waals surface area contributed by atoms with Gasteiger partial charge in [0.2, 0.25) is 0 Å². The van der Waals surface area contributed by atoms with Gasteiger partial charge in [0.25, 0.3) is 5.91 Å². The number of carbonyl (C=O) groups is 1. The van der Waals surface area contributed by atoms with Gasteiger partial charge in [-0.3, -0.25) is 4.79 Å². The molecule has 2 aromatic heterocycles. The molecule has 0 saturated carbocycles. The third kappa shape index (κ3) is 2.14. The highest BCUT2D eigenvalue weighted by Crippen LogP contribution is 2.38. The van der Waals surface area contributed by atoms with Gasteiger partial charge in [-0.15, -0.1) is 11.3 Å². The van der Waals surface area contributed by atoms with Crippen LogP contribution in [0, 0.1) is 6.92 Å². The predicted octanol–water partition coefficient (Wildman–Crippen LogP) is 4.06. The van der Waals surface area contributed by atoms with E-state index in [0.29, 0.717) is 5.69 Å². The van der Waals surface area contributed by atoms with E-state index in [1.54, 1.807) is 11.3 Å². The zero-order valence-corrected chi connectivity index (χ0v) is 12.9. The van der Waals surface area contributed by atoms with Gasteiger partial charge in [0.1, 0.15) is 0 Å². The lowest BCUT2D eigenvalue weighted by Gasteiger charge is -2.10. The molecule has 0 bridgehead atoms. The highest BCUT2D eigenvalue weighted by atomic mass is 32.1. The Hall–Kier alpha value is -2.40. The number of nitrogens with zero attached hydrogens (tertiary/aromatic N) is 1. The molecule has 0 atom stereocenters. The number of rotatable bonds is 2. The number of thiophene rings is 1. The molecule has 4 rings (SSSR count). The van der Waals surface area contributed by atoms with Gasteiger partial charge in [0, 0.05) is 21.7 Å². The van der Waals surface area contributed by atoms with Gasteiger partial charge < -0.3 is 9.84 Å². The fourth-order valence-corrected chi connectivity index (χ4v) is 3.61. The van der Waals surface area contributed by atoms with E-state index in [2.05, 4.69) is 10.5 Å². The van der Waals surface area contributed by atoms with Crippen molar-refractivity contribution in [1.82, 2.24) is 5.16 Å². The van der Waals surface area contributed by atoms with E-state index in [-0.39, 0.29) is 5.91 Å². The van der Waals surface area contributed by atoms with Gasteiger partial charge >= 0.3 is 0 Å². The van der Waals surface area contributed by atoms with Crippen LogP contribution in [0.3, 0.4) is 0 Å². The van der Waals surface area contributed by atoms with Crippen LogP contribution >= 0.6 is 11.3 Å². The molecule has 5 heteroatoms. The molecule has 1 aromatic carbocycles. The average Bonchev–Trinajstić information content (AvgIpc) is 3.14. The van der Waals surface area contributed by atoms with Crippen molar-refractivity contribution in [2.75, 3.05) is 5.32 Å². The standard InChI is InChI=1S/C17H14N2O2S/c1-10-2-4-11(5-3-10)18-17(20)15-13-6-7-14-12(8-9-22-14)16(13)21-19-15/h2-5,8-9H,6-7H2,1H3,(H,18,20). The zero-order chi connectivity index (χ0) is 15.1. The number of benzene rings is 1. The van der Waals surface area contributed by atoms with Gasteiger partial charge in [-0.2, -0.15) is 0 Å². The van der Waals surface area contributed by atoms with Crippen molar-refractivity contribution >= 4 is 22.9 Å². The lowest BCUT2D eigenvalue weighted by Crippen LogP contribution is -2.15. The number of aryl methyl sites for hydroxylation is 2. The summed E-state index contributed by atoms with van der Waals surface area (Å²) in [6.07, 6.45) is 1.73. The molecular weight excluding hydrogens is 296 g/mol. The van der Waals surface area contributed by atoms with Gasteiger partial charge in [-0.25, -0.2) is 0 Å². The number of hydrogen-bond acceptors (Lipinski definition) is 4. The van der Waals surface area contributed by atoms with E-state index >= 15 is 0 Å². The highest BCUT2D eigenvalue weighted by molar-refractivity contribution is 7.10. The first-order valence-electron chi connectivity index (χ1n) is 7.15. The number of anilines is 1. The van der Waals surface area contributed by atoms with Gasteiger partial charge in [0.05, 0.1) is 0 Å². The van der Waals surface area contributed by atoms with Crippen LogP contribution in [-0.4, -0.2) is 11.1 Å². The number of hydrogen-bond donors (Lipinski definition) is 1. The first-order valence-corrected chi connectivity index (χ1v) is 8.03. The molecule has 0 fully saturated rings. The third-order valence-corrected chi connectivity index (χ3v) is 4.89. The van der Waals surface area contributed by atoms with Crippen LogP contribution in [0.15, 0.2) is 40.2 Å². The van der Waals surface area contributed by atoms with Crippen molar-refractivity contribution in [2.24, 2.45) is 0 Å². The van der Waals surface area contributed by atoms with E-state index in [1.807, 2.05) is 42.6 Å². The molecule has 1 N–H and O–H groups in total. The van der Waals surface area contributed by atoms with Crippen molar-refractivity contribution in [1.29, 1.82) is 0 Å². The molecule has 22 heavy (non-hydrogen) atoms. The number of fused-ring (bicyclic) bond motifs is 3. The molecular formula is C17H14N2O2S. The van der Waals surface area contributed by atoms with Crippen molar-refractivity contribution in [3.8, 4) is 11.3 Å².